The Hall–Kier alpha value is -1.62. The van der Waals surface area contributed by atoms with Crippen LogP contribution < -0.4 is 14.2 Å². The predicted octanol–water partition coefficient (Wildman–Crippen LogP) is -2.12. The predicted molar refractivity (Wildman–Crippen MR) is 82.2 cm³/mol. The molecule has 24 heavy (non-hydrogen) atoms. The Morgan fingerprint density at radius 1 is 0.583 bits per heavy atom. The first-order valence-electron chi connectivity index (χ1n) is 7.38. The Labute approximate surface area is 139 Å². The molecule has 3 unspecified atom stereocenters. The minimum absolute atomic E-state index is 0.155. The first-order chi connectivity index (χ1) is 11.5. The summed E-state index contributed by atoms with van der Waals surface area (Å²) < 4.78 is 15.9. The van der Waals surface area contributed by atoms with Gasteiger partial charge in [-0.15, -0.1) is 0 Å². The van der Waals surface area contributed by atoms with Gasteiger partial charge >= 0.3 is 0 Å². The van der Waals surface area contributed by atoms with Gasteiger partial charge in [-0.3, -0.25) is 0 Å². The van der Waals surface area contributed by atoms with E-state index in [4.69, 9.17) is 29.5 Å². The number of hydrogen-bond acceptors (Lipinski definition) is 9. The van der Waals surface area contributed by atoms with Crippen molar-refractivity contribution < 1.29 is 44.8 Å². The Bertz CT molecular complexity index is 389. The van der Waals surface area contributed by atoms with Gasteiger partial charge in [0, 0.05) is 18.2 Å². The fourth-order valence-corrected chi connectivity index (χ4v) is 1.53. The Morgan fingerprint density at radius 2 is 0.833 bits per heavy atom. The number of benzene rings is 1. The maximum atomic E-state index is 9.31. The molecule has 0 aliphatic carbocycles. The molecular weight excluding hydrogens is 324 g/mol. The van der Waals surface area contributed by atoms with Crippen molar-refractivity contribution in [2.24, 2.45) is 0 Å². The van der Waals surface area contributed by atoms with Crippen LogP contribution in [0.3, 0.4) is 0 Å². The number of rotatable bonds is 12. The molecule has 0 aliphatic heterocycles. The highest BCUT2D eigenvalue weighted by molar-refractivity contribution is 5.42. The number of aliphatic hydroxyl groups excluding tert-OH is 6. The normalized spacial score (nSPS) is 14.8. The molecule has 0 amide bonds. The monoisotopic (exact) mass is 348 g/mol. The first-order valence-corrected chi connectivity index (χ1v) is 7.38. The summed E-state index contributed by atoms with van der Waals surface area (Å²) in [5.74, 6) is 0.811. The summed E-state index contributed by atoms with van der Waals surface area (Å²) in [6.07, 6.45) is -3.15. The van der Waals surface area contributed by atoms with E-state index in [2.05, 4.69) is 0 Å². The molecule has 0 fully saturated rings. The molecule has 1 aromatic rings. The summed E-state index contributed by atoms with van der Waals surface area (Å²) in [7, 11) is 0. The Balaban J connectivity index is 2.79. The summed E-state index contributed by atoms with van der Waals surface area (Å²) >= 11 is 0. The van der Waals surface area contributed by atoms with Crippen LogP contribution in [-0.4, -0.2) is 88.6 Å². The van der Waals surface area contributed by atoms with E-state index in [-0.39, 0.29) is 37.1 Å². The molecule has 0 aromatic heterocycles. The van der Waals surface area contributed by atoms with E-state index in [0.29, 0.717) is 0 Å². The average molecular weight is 348 g/mol. The third-order valence-electron chi connectivity index (χ3n) is 2.81. The molecule has 1 rings (SSSR count). The van der Waals surface area contributed by atoms with E-state index in [1.54, 1.807) is 0 Å². The van der Waals surface area contributed by atoms with Gasteiger partial charge in [0.2, 0.25) is 0 Å². The quantitative estimate of drug-likeness (QED) is 0.249. The van der Waals surface area contributed by atoms with Crippen LogP contribution in [-0.2, 0) is 0 Å². The lowest BCUT2D eigenvalue weighted by molar-refractivity contribution is 0.0488. The number of aliphatic hydroxyl groups is 6. The van der Waals surface area contributed by atoms with Crippen LogP contribution in [0.5, 0.6) is 17.2 Å². The third-order valence-corrected chi connectivity index (χ3v) is 2.81. The van der Waals surface area contributed by atoms with E-state index in [1.807, 2.05) is 0 Å². The topological polar surface area (TPSA) is 149 Å². The van der Waals surface area contributed by atoms with E-state index >= 15 is 0 Å². The average Bonchev–Trinajstić information content (AvgIpc) is 2.61. The SMILES string of the molecule is OCC(O)COc1cc(OCC(O)CO)cc(OCC(O)CO)c1. The molecule has 9 nitrogen and oxygen atoms in total. The largest absolute Gasteiger partial charge is 0.491 e. The van der Waals surface area contributed by atoms with Crippen molar-refractivity contribution in [1.29, 1.82) is 0 Å². The highest BCUT2D eigenvalue weighted by Crippen LogP contribution is 2.28. The van der Waals surface area contributed by atoms with Gasteiger partial charge in [-0.05, 0) is 0 Å². The summed E-state index contributed by atoms with van der Waals surface area (Å²) in [5, 5.41) is 54.3. The molecule has 0 aliphatic rings. The minimum atomic E-state index is -1.05. The van der Waals surface area contributed by atoms with Gasteiger partial charge in [-0.25, -0.2) is 0 Å². The standard InChI is InChI=1S/C15H24O9/c16-4-10(19)7-22-13-1-14(23-8-11(20)5-17)3-15(2-13)24-9-12(21)6-18/h1-3,10-12,16-21H,4-9H2. The zero-order valence-electron chi connectivity index (χ0n) is 13.1. The van der Waals surface area contributed by atoms with Crippen LogP contribution in [0, 0.1) is 0 Å². The van der Waals surface area contributed by atoms with Crippen LogP contribution in [0.15, 0.2) is 18.2 Å². The van der Waals surface area contributed by atoms with Crippen LogP contribution >= 0.6 is 0 Å². The molecule has 9 heteroatoms. The van der Waals surface area contributed by atoms with Gasteiger partial charge in [-0.1, -0.05) is 0 Å². The molecule has 0 bridgehead atoms. The second-order valence-electron chi connectivity index (χ2n) is 5.08. The smallest absolute Gasteiger partial charge is 0.126 e. The van der Waals surface area contributed by atoms with Crippen molar-refractivity contribution in [1.82, 2.24) is 0 Å². The maximum absolute atomic E-state index is 9.31. The molecule has 6 N–H and O–H groups in total. The van der Waals surface area contributed by atoms with Crippen molar-refractivity contribution in [3.05, 3.63) is 18.2 Å². The number of ether oxygens (including phenoxy) is 3. The van der Waals surface area contributed by atoms with Crippen molar-refractivity contribution >= 4 is 0 Å². The van der Waals surface area contributed by atoms with Gasteiger partial charge in [0.25, 0.3) is 0 Å². The molecule has 0 heterocycles. The van der Waals surface area contributed by atoms with Crippen molar-refractivity contribution in [2.45, 2.75) is 18.3 Å². The van der Waals surface area contributed by atoms with Crippen LogP contribution in [0.1, 0.15) is 0 Å². The van der Waals surface area contributed by atoms with Gasteiger partial charge in [0.05, 0.1) is 19.8 Å². The van der Waals surface area contributed by atoms with Gasteiger partial charge in [-0.2, -0.15) is 0 Å². The summed E-state index contributed by atoms with van der Waals surface area (Å²) in [4.78, 5) is 0. The summed E-state index contributed by atoms with van der Waals surface area (Å²) in [5.41, 5.74) is 0. The van der Waals surface area contributed by atoms with Crippen LogP contribution in [0.4, 0.5) is 0 Å². The molecular formula is C15H24O9. The molecule has 3 atom stereocenters. The first kappa shape index (κ1) is 20.4. The van der Waals surface area contributed by atoms with Gasteiger partial charge in [0.15, 0.2) is 0 Å². The van der Waals surface area contributed by atoms with Crippen molar-refractivity contribution in [2.75, 3.05) is 39.6 Å². The molecule has 1 aromatic carbocycles. The highest BCUT2D eigenvalue weighted by Gasteiger charge is 2.11. The lowest BCUT2D eigenvalue weighted by Crippen LogP contribution is -2.22. The summed E-state index contributed by atoms with van der Waals surface area (Å²) in [6.45, 7) is -1.82. The fourth-order valence-electron chi connectivity index (χ4n) is 1.53. The molecule has 0 radical (unpaired) electrons. The van der Waals surface area contributed by atoms with Gasteiger partial charge in [0.1, 0.15) is 55.4 Å². The zero-order chi connectivity index (χ0) is 17.9. The van der Waals surface area contributed by atoms with E-state index in [1.165, 1.54) is 18.2 Å². The Kier molecular flexibility index (Phi) is 9.38. The molecule has 0 saturated heterocycles. The maximum Gasteiger partial charge on any atom is 0.126 e. The van der Waals surface area contributed by atoms with Crippen LogP contribution in [0.2, 0.25) is 0 Å². The lowest BCUT2D eigenvalue weighted by Gasteiger charge is -2.16. The molecule has 138 valence electrons. The fraction of sp³-hybridized carbons (Fsp3) is 0.600. The van der Waals surface area contributed by atoms with Crippen molar-refractivity contribution in [3.63, 3.8) is 0 Å². The van der Waals surface area contributed by atoms with Crippen LogP contribution in [0.25, 0.3) is 0 Å². The third kappa shape index (κ3) is 7.77. The molecule has 0 spiro atoms. The second-order valence-corrected chi connectivity index (χ2v) is 5.08. The summed E-state index contributed by atoms with van der Waals surface area (Å²) in [6, 6.07) is 4.43. The minimum Gasteiger partial charge on any atom is -0.491 e. The number of hydrogen-bond donors (Lipinski definition) is 6. The van der Waals surface area contributed by atoms with E-state index < -0.39 is 38.1 Å². The highest BCUT2D eigenvalue weighted by atomic mass is 16.5. The molecule has 0 saturated carbocycles. The zero-order valence-corrected chi connectivity index (χ0v) is 13.1. The lowest BCUT2D eigenvalue weighted by atomic mass is 10.3. The van der Waals surface area contributed by atoms with Gasteiger partial charge < -0.3 is 44.8 Å². The van der Waals surface area contributed by atoms with E-state index in [9.17, 15) is 15.3 Å². The Morgan fingerprint density at radius 3 is 1.04 bits per heavy atom. The van der Waals surface area contributed by atoms with E-state index in [0.717, 1.165) is 0 Å². The second kappa shape index (κ2) is 11.0. The van der Waals surface area contributed by atoms with Crippen molar-refractivity contribution in [3.8, 4) is 17.2 Å².